The Kier molecular flexibility index (Phi) is 3.58. The van der Waals surface area contributed by atoms with Crippen molar-refractivity contribution in [2.24, 2.45) is 5.92 Å². The van der Waals surface area contributed by atoms with Crippen molar-refractivity contribution in [3.63, 3.8) is 0 Å². The fourth-order valence-corrected chi connectivity index (χ4v) is 2.22. The molecule has 0 radical (unpaired) electrons. The number of nitrogens with zero attached hydrogens (tertiary/aromatic N) is 1. The van der Waals surface area contributed by atoms with Gasteiger partial charge in [-0.3, -0.25) is 4.98 Å². The largest absolute Gasteiger partial charge is 0.478 e. The summed E-state index contributed by atoms with van der Waals surface area (Å²) in [5.41, 5.74) is 0.728. The summed E-state index contributed by atoms with van der Waals surface area (Å²) in [6, 6.07) is 1.64. The highest BCUT2D eigenvalue weighted by Crippen LogP contribution is 2.26. The second-order valence-corrected chi connectivity index (χ2v) is 4.37. The Morgan fingerprint density at radius 3 is 3.00 bits per heavy atom. The van der Waals surface area contributed by atoms with Gasteiger partial charge >= 0.3 is 5.97 Å². The van der Waals surface area contributed by atoms with Gasteiger partial charge in [-0.1, -0.05) is 6.42 Å². The van der Waals surface area contributed by atoms with E-state index in [1.165, 1.54) is 6.20 Å². The fourth-order valence-electron chi connectivity index (χ4n) is 2.22. The van der Waals surface area contributed by atoms with Crippen molar-refractivity contribution in [2.75, 3.05) is 11.9 Å². The van der Waals surface area contributed by atoms with Crippen molar-refractivity contribution >= 4 is 11.7 Å². The summed E-state index contributed by atoms with van der Waals surface area (Å²) < 4.78 is 0. The van der Waals surface area contributed by atoms with E-state index in [1.54, 1.807) is 12.3 Å². The van der Waals surface area contributed by atoms with Crippen LogP contribution in [0, 0.1) is 5.92 Å². The van der Waals surface area contributed by atoms with Crippen LogP contribution in [0.2, 0.25) is 0 Å². The minimum Gasteiger partial charge on any atom is -0.478 e. The summed E-state index contributed by atoms with van der Waals surface area (Å²) in [5.74, 6) is -0.780. The molecule has 0 bridgehead atoms. The van der Waals surface area contributed by atoms with E-state index in [1.807, 2.05) is 0 Å². The number of hydrogen-bond donors (Lipinski definition) is 3. The average molecular weight is 236 g/mol. The number of carboxylic acid groups (broad SMARTS) is 1. The molecule has 0 aliphatic heterocycles. The van der Waals surface area contributed by atoms with Crippen LogP contribution in [-0.2, 0) is 0 Å². The summed E-state index contributed by atoms with van der Waals surface area (Å²) >= 11 is 0. The van der Waals surface area contributed by atoms with Gasteiger partial charge in [0.15, 0.2) is 0 Å². The van der Waals surface area contributed by atoms with Gasteiger partial charge in [0.2, 0.25) is 0 Å². The number of carboxylic acids is 1. The zero-order valence-corrected chi connectivity index (χ0v) is 9.47. The number of hydrogen-bond acceptors (Lipinski definition) is 4. The molecule has 2 unspecified atom stereocenters. The molecule has 0 aromatic carbocycles. The van der Waals surface area contributed by atoms with Crippen molar-refractivity contribution in [2.45, 2.75) is 25.4 Å². The van der Waals surface area contributed by atoms with Gasteiger partial charge in [-0.25, -0.2) is 4.79 Å². The smallest absolute Gasteiger partial charge is 0.339 e. The molecule has 17 heavy (non-hydrogen) atoms. The second-order valence-electron chi connectivity index (χ2n) is 4.37. The van der Waals surface area contributed by atoms with Crippen LogP contribution in [0.25, 0.3) is 0 Å². The highest BCUT2D eigenvalue weighted by atomic mass is 16.4. The third kappa shape index (κ3) is 2.74. The highest BCUT2D eigenvalue weighted by molar-refractivity contribution is 5.93. The van der Waals surface area contributed by atoms with Gasteiger partial charge in [-0.15, -0.1) is 0 Å². The minimum atomic E-state index is -0.993. The molecule has 2 atom stereocenters. The summed E-state index contributed by atoms with van der Waals surface area (Å²) in [5, 5.41) is 21.7. The number of anilines is 1. The van der Waals surface area contributed by atoms with E-state index in [2.05, 4.69) is 10.3 Å². The predicted octanol–water partition coefficient (Wildman–Crippen LogP) is 1.35. The Labute approximate surface area is 99.5 Å². The van der Waals surface area contributed by atoms with Gasteiger partial charge in [0, 0.05) is 24.9 Å². The van der Waals surface area contributed by atoms with Crippen LogP contribution in [-0.4, -0.2) is 33.8 Å². The fraction of sp³-hybridized carbons (Fsp3) is 0.500. The van der Waals surface area contributed by atoms with Gasteiger partial charge in [-0.05, 0) is 18.9 Å². The molecule has 1 aromatic rings. The first kappa shape index (κ1) is 11.9. The van der Waals surface area contributed by atoms with Crippen molar-refractivity contribution in [3.8, 4) is 0 Å². The first-order valence-electron chi connectivity index (χ1n) is 5.77. The van der Waals surface area contributed by atoms with E-state index in [0.717, 1.165) is 19.3 Å². The maximum absolute atomic E-state index is 11.0. The quantitative estimate of drug-likeness (QED) is 0.735. The maximum Gasteiger partial charge on any atom is 0.339 e. The first-order chi connectivity index (χ1) is 8.18. The van der Waals surface area contributed by atoms with Gasteiger partial charge in [0.25, 0.3) is 0 Å². The molecule has 2 rings (SSSR count). The number of pyridine rings is 1. The molecule has 1 aliphatic rings. The molecular formula is C12H16N2O3. The number of aromatic nitrogens is 1. The molecule has 5 nitrogen and oxygen atoms in total. The zero-order chi connectivity index (χ0) is 12.3. The van der Waals surface area contributed by atoms with Crippen molar-refractivity contribution in [1.82, 2.24) is 4.98 Å². The minimum absolute atomic E-state index is 0.167. The van der Waals surface area contributed by atoms with Crippen molar-refractivity contribution < 1.29 is 15.0 Å². The lowest BCUT2D eigenvalue weighted by Crippen LogP contribution is -2.22. The molecule has 1 aromatic heterocycles. The third-order valence-corrected chi connectivity index (χ3v) is 3.23. The Morgan fingerprint density at radius 1 is 1.53 bits per heavy atom. The monoisotopic (exact) mass is 236 g/mol. The molecule has 1 saturated carbocycles. The van der Waals surface area contributed by atoms with Crippen LogP contribution in [0.1, 0.15) is 29.6 Å². The number of aliphatic hydroxyl groups is 1. The highest BCUT2D eigenvalue weighted by Gasteiger charge is 2.25. The van der Waals surface area contributed by atoms with E-state index < -0.39 is 5.97 Å². The molecule has 1 fully saturated rings. The molecule has 1 aliphatic carbocycles. The van der Waals surface area contributed by atoms with Gasteiger partial charge in [0.05, 0.1) is 11.8 Å². The van der Waals surface area contributed by atoms with Crippen LogP contribution in [0.5, 0.6) is 0 Å². The van der Waals surface area contributed by atoms with Crippen LogP contribution in [0.15, 0.2) is 18.5 Å². The van der Waals surface area contributed by atoms with Crippen molar-refractivity contribution in [1.29, 1.82) is 0 Å². The first-order valence-corrected chi connectivity index (χ1v) is 5.77. The standard InChI is InChI=1S/C12H16N2O3/c15-11-3-1-2-8(11)6-14-10-4-5-13-7-9(10)12(16)17/h4-5,7-8,11,15H,1-3,6H2,(H,13,14)(H,16,17). The number of carbonyl (C=O) groups is 1. The summed E-state index contributed by atoms with van der Waals surface area (Å²) in [6.07, 6.45) is 5.49. The van der Waals surface area contributed by atoms with Crippen molar-refractivity contribution in [3.05, 3.63) is 24.0 Å². The van der Waals surface area contributed by atoms with Gasteiger partial charge < -0.3 is 15.5 Å². The molecule has 92 valence electrons. The number of nitrogens with one attached hydrogen (secondary N) is 1. The number of aromatic carboxylic acids is 1. The van der Waals surface area contributed by atoms with Gasteiger partial charge in [-0.2, -0.15) is 0 Å². The number of aliphatic hydroxyl groups excluding tert-OH is 1. The SMILES string of the molecule is O=C(O)c1cnccc1NCC1CCCC1O. The summed E-state index contributed by atoms with van der Waals surface area (Å²) in [4.78, 5) is 14.7. The Morgan fingerprint density at radius 2 is 2.35 bits per heavy atom. The summed E-state index contributed by atoms with van der Waals surface area (Å²) in [6.45, 7) is 0.603. The number of rotatable bonds is 4. The lowest BCUT2D eigenvalue weighted by molar-refractivity contribution is 0.0697. The molecule has 0 saturated heterocycles. The Bertz CT molecular complexity index is 408. The normalized spacial score (nSPS) is 23.6. The van der Waals surface area contributed by atoms with E-state index in [0.29, 0.717) is 12.2 Å². The topological polar surface area (TPSA) is 82.5 Å². The predicted molar refractivity (Wildman–Crippen MR) is 63.0 cm³/mol. The van der Waals surface area contributed by atoms with E-state index in [9.17, 15) is 9.90 Å². The molecular weight excluding hydrogens is 220 g/mol. The summed E-state index contributed by atoms with van der Waals surface area (Å²) in [7, 11) is 0. The molecule has 0 spiro atoms. The molecule has 5 heteroatoms. The van der Waals surface area contributed by atoms with E-state index >= 15 is 0 Å². The lowest BCUT2D eigenvalue weighted by atomic mass is 10.1. The Balaban J connectivity index is 2.01. The van der Waals surface area contributed by atoms with Crippen LogP contribution in [0.4, 0.5) is 5.69 Å². The third-order valence-electron chi connectivity index (χ3n) is 3.23. The zero-order valence-electron chi connectivity index (χ0n) is 9.47. The lowest BCUT2D eigenvalue weighted by Gasteiger charge is -2.16. The van der Waals surface area contributed by atoms with Crippen LogP contribution >= 0.6 is 0 Å². The molecule has 1 heterocycles. The van der Waals surface area contributed by atoms with Gasteiger partial charge in [0.1, 0.15) is 5.56 Å². The second kappa shape index (κ2) is 5.14. The maximum atomic E-state index is 11.0. The average Bonchev–Trinajstić information content (AvgIpc) is 2.72. The molecule has 3 N–H and O–H groups in total. The van der Waals surface area contributed by atoms with E-state index in [-0.39, 0.29) is 17.6 Å². The van der Waals surface area contributed by atoms with Crippen LogP contribution < -0.4 is 5.32 Å². The van der Waals surface area contributed by atoms with Crippen LogP contribution in [0.3, 0.4) is 0 Å². The van der Waals surface area contributed by atoms with E-state index in [4.69, 9.17) is 5.11 Å². The Hall–Kier alpha value is -1.62. The molecule has 0 amide bonds.